The fourth-order valence-electron chi connectivity index (χ4n) is 3.91. The summed E-state index contributed by atoms with van der Waals surface area (Å²) >= 11 is 0. The maximum Gasteiger partial charge on any atom is 0.266 e. The molecule has 0 aliphatic heterocycles. The minimum Gasteiger partial charge on any atom is -0.268 e. The number of rotatable bonds is 4. The highest BCUT2D eigenvalue weighted by molar-refractivity contribution is 5.82. The Kier molecular flexibility index (Phi) is 5.22. The summed E-state index contributed by atoms with van der Waals surface area (Å²) in [4.78, 5) is 19.3. The second-order valence-corrected chi connectivity index (χ2v) is 7.73. The van der Waals surface area contributed by atoms with Gasteiger partial charge in [0.25, 0.3) is 5.56 Å². The van der Waals surface area contributed by atoms with Crippen LogP contribution in [0.15, 0.2) is 120 Å². The first-order chi connectivity index (χ1) is 15.7. The SMILES string of the molecule is Cc1ccc(-n2c(-c3ccccc3)nc(-c3ccccc3)c(-c3ccccc3)c2=O)cc1. The van der Waals surface area contributed by atoms with Crippen molar-refractivity contribution in [3.63, 3.8) is 0 Å². The van der Waals surface area contributed by atoms with Crippen LogP contribution in [0.5, 0.6) is 0 Å². The maximum absolute atomic E-state index is 14.2. The summed E-state index contributed by atoms with van der Waals surface area (Å²) in [7, 11) is 0. The van der Waals surface area contributed by atoms with Crippen LogP contribution in [0.25, 0.3) is 39.5 Å². The molecule has 0 atom stereocenters. The van der Waals surface area contributed by atoms with E-state index in [-0.39, 0.29) is 5.56 Å². The van der Waals surface area contributed by atoms with Crippen molar-refractivity contribution in [2.75, 3.05) is 0 Å². The second-order valence-electron chi connectivity index (χ2n) is 7.73. The number of aromatic nitrogens is 2. The van der Waals surface area contributed by atoms with Gasteiger partial charge in [-0.2, -0.15) is 0 Å². The lowest BCUT2D eigenvalue weighted by molar-refractivity contribution is 0.955. The van der Waals surface area contributed by atoms with E-state index in [0.717, 1.165) is 27.9 Å². The topological polar surface area (TPSA) is 34.9 Å². The van der Waals surface area contributed by atoms with E-state index in [2.05, 4.69) is 0 Å². The molecule has 0 radical (unpaired) electrons. The van der Waals surface area contributed by atoms with Gasteiger partial charge in [-0.25, -0.2) is 4.98 Å². The van der Waals surface area contributed by atoms with Gasteiger partial charge in [-0.05, 0) is 24.6 Å². The fraction of sp³-hybridized carbons (Fsp3) is 0.0345. The normalized spacial score (nSPS) is 10.8. The molecule has 3 heteroatoms. The van der Waals surface area contributed by atoms with Gasteiger partial charge in [0, 0.05) is 11.1 Å². The summed E-state index contributed by atoms with van der Waals surface area (Å²) in [6.07, 6.45) is 0. The minimum atomic E-state index is -0.0900. The Hall–Kier alpha value is -4.24. The highest BCUT2D eigenvalue weighted by Crippen LogP contribution is 2.31. The first kappa shape index (κ1) is 19.7. The van der Waals surface area contributed by atoms with Gasteiger partial charge in [-0.3, -0.25) is 9.36 Å². The van der Waals surface area contributed by atoms with Gasteiger partial charge < -0.3 is 0 Å². The predicted molar refractivity (Wildman–Crippen MR) is 131 cm³/mol. The molecule has 0 N–H and O–H groups in total. The van der Waals surface area contributed by atoms with Crippen molar-refractivity contribution in [1.82, 2.24) is 9.55 Å². The lowest BCUT2D eigenvalue weighted by Gasteiger charge is -2.18. The minimum absolute atomic E-state index is 0.0900. The Morgan fingerprint density at radius 1 is 0.594 bits per heavy atom. The Balaban J connectivity index is 1.91. The predicted octanol–water partition coefficient (Wildman–Crippen LogP) is 6.54. The Labute approximate surface area is 187 Å². The third kappa shape index (κ3) is 3.65. The molecule has 0 bridgehead atoms. The average molecular weight is 415 g/mol. The molecule has 5 aromatic rings. The number of aryl methyl sites for hydroxylation is 1. The van der Waals surface area contributed by atoms with E-state index in [0.29, 0.717) is 17.1 Å². The fourth-order valence-corrected chi connectivity index (χ4v) is 3.91. The smallest absolute Gasteiger partial charge is 0.266 e. The second kappa shape index (κ2) is 8.48. The van der Waals surface area contributed by atoms with Gasteiger partial charge in [-0.15, -0.1) is 0 Å². The van der Waals surface area contributed by atoms with Crippen molar-refractivity contribution < 1.29 is 0 Å². The van der Waals surface area contributed by atoms with Crippen molar-refractivity contribution in [2.45, 2.75) is 6.92 Å². The van der Waals surface area contributed by atoms with Crippen LogP contribution >= 0.6 is 0 Å². The molecule has 1 heterocycles. The summed E-state index contributed by atoms with van der Waals surface area (Å²) in [6.45, 7) is 2.04. The van der Waals surface area contributed by atoms with E-state index in [1.807, 2.05) is 122 Å². The van der Waals surface area contributed by atoms with Crippen LogP contribution in [-0.2, 0) is 0 Å². The Bertz CT molecular complexity index is 1410. The highest BCUT2D eigenvalue weighted by Gasteiger charge is 2.21. The third-order valence-electron chi connectivity index (χ3n) is 5.52. The van der Waals surface area contributed by atoms with Crippen LogP contribution in [0.3, 0.4) is 0 Å². The molecule has 0 spiro atoms. The van der Waals surface area contributed by atoms with E-state index >= 15 is 0 Å². The molecule has 0 amide bonds. The molecule has 0 fully saturated rings. The maximum atomic E-state index is 14.2. The van der Waals surface area contributed by atoms with Crippen molar-refractivity contribution in [3.05, 3.63) is 131 Å². The van der Waals surface area contributed by atoms with Crippen molar-refractivity contribution in [3.8, 4) is 39.5 Å². The standard InChI is InChI=1S/C29H22N2O/c1-21-17-19-25(20-18-21)31-28(24-15-9-4-10-16-24)30-27(23-13-7-3-8-14-23)26(29(31)32)22-11-5-2-6-12-22/h2-20H,1H3. The van der Waals surface area contributed by atoms with Gasteiger partial charge in [0.1, 0.15) is 5.82 Å². The van der Waals surface area contributed by atoms with E-state index in [9.17, 15) is 4.79 Å². The zero-order valence-electron chi connectivity index (χ0n) is 17.8. The molecule has 5 rings (SSSR count). The summed E-state index contributed by atoms with van der Waals surface area (Å²) in [6, 6.07) is 37.6. The molecule has 154 valence electrons. The van der Waals surface area contributed by atoms with Crippen LogP contribution in [0.1, 0.15) is 5.56 Å². The van der Waals surface area contributed by atoms with E-state index in [1.165, 1.54) is 0 Å². The number of nitrogens with zero attached hydrogens (tertiary/aromatic N) is 2. The van der Waals surface area contributed by atoms with Crippen LogP contribution in [0.4, 0.5) is 0 Å². The summed E-state index contributed by atoms with van der Waals surface area (Å²) < 4.78 is 1.73. The molecule has 1 aromatic heterocycles. The molecule has 3 nitrogen and oxygen atoms in total. The Morgan fingerprint density at radius 2 is 1.09 bits per heavy atom. The quantitative estimate of drug-likeness (QED) is 0.335. The highest BCUT2D eigenvalue weighted by atomic mass is 16.1. The first-order valence-electron chi connectivity index (χ1n) is 10.6. The molecule has 0 aliphatic rings. The zero-order chi connectivity index (χ0) is 21.9. The molecular weight excluding hydrogens is 392 g/mol. The van der Waals surface area contributed by atoms with E-state index < -0.39 is 0 Å². The molecule has 0 saturated heterocycles. The zero-order valence-corrected chi connectivity index (χ0v) is 17.8. The van der Waals surface area contributed by atoms with Crippen LogP contribution in [0, 0.1) is 6.92 Å². The third-order valence-corrected chi connectivity index (χ3v) is 5.52. The van der Waals surface area contributed by atoms with Gasteiger partial charge in [0.2, 0.25) is 0 Å². The van der Waals surface area contributed by atoms with Gasteiger partial charge in [0.15, 0.2) is 0 Å². The van der Waals surface area contributed by atoms with Crippen LogP contribution < -0.4 is 5.56 Å². The van der Waals surface area contributed by atoms with Gasteiger partial charge in [0.05, 0.1) is 16.9 Å². The van der Waals surface area contributed by atoms with Crippen LogP contribution in [-0.4, -0.2) is 9.55 Å². The summed E-state index contributed by atoms with van der Waals surface area (Å²) in [5, 5.41) is 0. The van der Waals surface area contributed by atoms with Gasteiger partial charge in [-0.1, -0.05) is 109 Å². The number of hydrogen-bond donors (Lipinski definition) is 0. The molecule has 4 aromatic carbocycles. The Morgan fingerprint density at radius 3 is 1.66 bits per heavy atom. The molecule has 32 heavy (non-hydrogen) atoms. The molecule has 0 aliphatic carbocycles. The lowest BCUT2D eigenvalue weighted by atomic mass is 9.99. The van der Waals surface area contributed by atoms with E-state index in [4.69, 9.17) is 4.98 Å². The van der Waals surface area contributed by atoms with Crippen LogP contribution in [0.2, 0.25) is 0 Å². The largest absolute Gasteiger partial charge is 0.268 e. The van der Waals surface area contributed by atoms with E-state index in [1.54, 1.807) is 4.57 Å². The number of hydrogen-bond acceptors (Lipinski definition) is 2. The summed E-state index contributed by atoms with van der Waals surface area (Å²) in [5.74, 6) is 0.623. The monoisotopic (exact) mass is 414 g/mol. The molecular formula is C29H22N2O. The van der Waals surface area contributed by atoms with Crippen molar-refractivity contribution >= 4 is 0 Å². The lowest BCUT2D eigenvalue weighted by Crippen LogP contribution is -2.24. The molecule has 0 unspecified atom stereocenters. The van der Waals surface area contributed by atoms with Crippen molar-refractivity contribution in [1.29, 1.82) is 0 Å². The average Bonchev–Trinajstić information content (AvgIpc) is 2.86. The summed E-state index contributed by atoms with van der Waals surface area (Å²) in [5.41, 5.74) is 5.78. The number of benzene rings is 4. The van der Waals surface area contributed by atoms with Gasteiger partial charge >= 0.3 is 0 Å². The first-order valence-corrected chi connectivity index (χ1v) is 10.6. The molecule has 0 saturated carbocycles. The van der Waals surface area contributed by atoms with Crippen molar-refractivity contribution in [2.24, 2.45) is 0 Å².